The van der Waals surface area contributed by atoms with E-state index in [0.717, 1.165) is 36.3 Å². The van der Waals surface area contributed by atoms with Crippen molar-refractivity contribution in [3.05, 3.63) is 70.6 Å². The third kappa shape index (κ3) is 6.05. The third-order valence-corrected chi connectivity index (χ3v) is 7.27. The van der Waals surface area contributed by atoms with E-state index in [2.05, 4.69) is 0 Å². The largest absolute Gasteiger partial charge is 0.378 e. The average Bonchev–Trinajstić information content (AvgIpc) is 3.43. The number of carbonyl (C=O) groups excluding carboxylic acids is 2. The minimum atomic E-state index is -0.223. The molecule has 4 rings (SSSR count). The van der Waals surface area contributed by atoms with Gasteiger partial charge in [0.2, 0.25) is 5.91 Å². The maximum atomic E-state index is 13.4. The first-order valence-electron chi connectivity index (χ1n) is 11.4. The lowest BCUT2D eigenvalue weighted by Crippen LogP contribution is -2.44. The van der Waals surface area contributed by atoms with E-state index in [9.17, 15) is 9.59 Å². The van der Waals surface area contributed by atoms with Gasteiger partial charge in [-0.1, -0.05) is 66.4 Å². The summed E-state index contributed by atoms with van der Waals surface area (Å²) in [6.45, 7) is 1.62. The van der Waals surface area contributed by atoms with Crippen LogP contribution in [0.2, 0.25) is 0 Å². The normalized spacial score (nSPS) is 19.2. The molecule has 2 heterocycles. The minimum absolute atomic E-state index is 0.0224. The second-order valence-corrected chi connectivity index (χ2v) is 10.3. The summed E-state index contributed by atoms with van der Waals surface area (Å²) in [5.41, 5.74) is 3.06. The lowest BCUT2D eigenvalue weighted by molar-refractivity contribution is -0.137. The number of thiocarbonyl (C=S) groups is 1. The fourth-order valence-corrected chi connectivity index (χ4v) is 5.24. The molecular weight excluding hydrogens is 466 g/mol. The number of hydrogen-bond donors (Lipinski definition) is 0. The van der Waals surface area contributed by atoms with Crippen LogP contribution in [0.3, 0.4) is 0 Å². The van der Waals surface area contributed by atoms with Gasteiger partial charge in [0.25, 0.3) is 5.91 Å². The van der Waals surface area contributed by atoms with E-state index in [1.807, 2.05) is 79.7 Å². The highest BCUT2D eigenvalue weighted by atomic mass is 32.2. The molecular formula is C26H29N3O3S2. The van der Waals surface area contributed by atoms with Gasteiger partial charge >= 0.3 is 0 Å². The summed E-state index contributed by atoms with van der Waals surface area (Å²) in [4.78, 5) is 32.2. The van der Waals surface area contributed by atoms with Gasteiger partial charge in [-0.2, -0.15) is 0 Å². The Bertz CT molecular complexity index is 1060. The fraction of sp³-hybridized carbons (Fsp3) is 0.346. The number of amides is 2. The quantitative estimate of drug-likeness (QED) is 0.405. The van der Waals surface area contributed by atoms with Gasteiger partial charge in [0.15, 0.2) is 0 Å². The molecule has 1 atom stereocenters. The molecule has 1 unspecified atom stereocenters. The van der Waals surface area contributed by atoms with E-state index in [4.69, 9.17) is 17.0 Å². The van der Waals surface area contributed by atoms with E-state index in [1.165, 1.54) is 16.7 Å². The van der Waals surface area contributed by atoms with E-state index in [0.29, 0.717) is 22.3 Å². The fourth-order valence-electron chi connectivity index (χ4n) is 3.98. The smallest absolute Gasteiger partial charge is 0.266 e. The molecule has 8 heteroatoms. The number of benzene rings is 2. The molecule has 178 valence electrons. The molecule has 0 spiro atoms. The number of hydrogen-bond acceptors (Lipinski definition) is 6. The molecule has 2 aliphatic rings. The second kappa shape index (κ2) is 11.2. The van der Waals surface area contributed by atoms with Crippen LogP contribution in [0.1, 0.15) is 24.0 Å². The monoisotopic (exact) mass is 495 g/mol. The van der Waals surface area contributed by atoms with Crippen LogP contribution >= 0.6 is 24.0 Å². The number of anilines is 1. The zero-order valence-electron chi connectivity index (χ0n) is 19.5. The standard InChI is InChI=1S/C26H29N3O3S2/c1-27(2)21-12-10-20(11-13-21)16-28(17-22-9-6-14-32-22)24(30)18-29-25(31)23(34-26(29)33)15-19-7-4-3-5-8-19/h3-5,7-8,10-13,15,22H,6,9,14,16-18H2,1-2H3/b23-15-. The van der Waals surface area contributed by atoms with Crippen LogP contribution < -0.4 is 4.90 Å². The van der Waals surface area contributed by atoms with Crippen molar-refractivity contribution >= 4 is 51.9 Å². The molecule has 2 aliphatic heterocycles. The van der Waals surface area contributed by atoms with Gasteiger partial charge in [-0.05, 0) is 42.2 Å². The lowest BCUT2D eigenvalue weighted by atomic mass is 10.1. The van der Waals surface area contributed by atoms with Crippen molar-refractivity contribution in [2.45, 2.75) is 25.5 Å². The molecule has 6 nitrogen and oxygen atoms in total. The van der Waals surface area contributed by atoms with E-state index < -0.39 is 0 Å². The van der Waals surface area contributed by atoms with E-state index in [-0.39, 0.29) is 24.5 Å². The van der Waals surface area contributed by atoms with Gasteiger partial charge in [-0.25, -0.2) is 0 Å². The Morgan fingerprint density at radius 3 is 2.56 bits per heavy atom. The zero-order chi connectivity index (χ0) is 24.1. The summed E-state index contributed by atoms with van der Waals surface area (Å²) >= 11 is 6.70. The highest BCUT2D eigenvalue weighted by Gasteiger charge is 2.35. The van der Waals surface area contributed by atoms with Crippen LogP contribution in [-0.2, 0) is 20.9 Å². The summed E-state index contributed by atoms with van der Waals surface area (Å²) in [5.74, 6) is -0.357. The average molecular weight is 496 g/mol. The number of rotatable bonds is 8. The Balaban J connectivity index is 1.47. The maximum Gasteiger partial charge on any atom is 0.266 e. The van der Waals surface area contributed by atoms with Gasteiger partial charge < -0.3 is 14.5 Å². The summed E-state index contributed by atoms with van der Waals surface area (Å²) in [5, 5.41) is 0. The molecule has 2 aromatic carbocycles. The lowest BCUT2D eigenvalue weighted by Gasteiger charge is -2.27. The number of ether oxygens (including phenoxy) is 1. The van der Waals surface area contributed by atoms with Crippen molar-refractivity contribution in [3.63, 3.8) is 0 Å². The Kier molecular flexibility index (Phi) is 8.03. The first kappa shape index (κ1) is 24.4. The molecule has 0 bridgehead atoms. The van der Waals surface area contributed by atoms with Crippen molar-refractivity contribution in [3.8, 4) is 0 Å². The van der Waals surface area contributed by atoms with Crippen molar-refractivity contribution in [1.82, 2.24) is 9.80 Å². The van der Waals surface area contributed by atoms with Gasteiger partial charge in [-0.15, -0.1) is 0 Å². The molecule has 2 fully saturated rings. The first-order chi connectivity index (χ1) is 16.4. The number of carbonyl (C=O) groups is 2. The topological polar surface area (TPSA) is 53.1 Å². The van der Waals surface area contributed by atoms with Crippen molar-refractivity contribution in [1.29, 1.82) is 0 Å². The Labute approximate surface area is 210 Å². The Morgan fingerprint density at radius 2 is 1.91 bits per heavy atom. The number of thioether (sulfide) groups is 1. The summed E-state index contributed by atoms with van der Waals surface area (Å²) in [6, 6.07) is 17.8. The Morgan fingerprint density at radius 1 is 1.18 bits per heavy atom. The van der Waals surface area contributed by atoms with Gasteiger partial charge in [0, 0.05) is 39.5 Å². The minimum Gasteiger partial charge on any atom is -0.378 e. The van der Waals surface area contributed by atoms with E-state index >= 15 is 0 Å². The Hall–Kier alpha value is -2.68. The molecule has 2 saturated heterocycles. The molecule has 0 aliphatic carbocycles. The summed E-state index contributed by atoms with van der Waals surface area (Å²) in [7, 11) is 3.99. The van der Waals surface area contributed by atoms with Gasteiger partial charge in [0.1, 0.15) is 10.9 Å². The van der Waals surface area contributed by atoms with Crippen LogP contribution in [0.5, 0.6) is 0 Å². The molecule has 2 amide bonds. The van der Waals surface area contributed by atoms with Crippen LogP contribution in [0, 0.1) is 0 Å². The van der Waals surface area contributed by atoms with Crippen LogP contribution in [0.4, 0.5) is 5.69 Å². The van der Waals surface area contributed by atoms with Crippen molar-refractivity contribution < 1.29 is 14.3 Å². The van der Waals surface area contributed by atoms with Gasteiger partial charge in [-0.3, -0.25) is 14.5 Å². The third-order valence-electron chi connectivity index (χ3n) is 5.89. The molecule has 0 radical (unpaired) electrons. The molecule has 0 aromatic heterocycles. The van der Waals surface area contributed by atoms with E-state index in [1.54, 1.807) is 4.90 Å². The second-order valence-electron chi connectivity index (χ2n) is 8.65. The van der Waals surface area contributed by atoms with Crippen LogP contribution in [0.25, 0.3) is 6.08 Å². The highest BCUT2D eigenvalue weighted by molar-refractivity contribution is 8.26. The SMILES string of the molecule is CN(C)c1ccc(CN(CC2CCCO2)C(=O)CN2C(=O)/C(=C/c3ccccc3)SC2=S)cc1. The molecule has 34 heavy (non-hydrogen) atoms. The highest BCUT2D eigenvalue weighted by Crippen LogP contribution is 2.32. The van der Waals surface area contributed by atoms with Crippen molar-refractivity contribution in [2.24, 2.45) is 0 Å². The zero-order valence-corrected chi connectivity index (χ0v) is 21.1. The van der Waals surface area contributed by atoms with Crippen LogP contribution in [-0.4, -0.2) is 65.8 Å². The van der Waals surface area contributed by atoms with Crippen LogP contribution in [0.15, 0.2) is 59.5 Å². The maximum absolute atomic E-state index is 13.4. The molecule has 0 saturated carbocycles. The number of nitrogens with zero attached hydrogens (tertiary/aromatic N) is 3. The predicted octanol–water partition coefficient (Wildman–Crippen LogP) is 4.16. The first-order valence-corrected chi connectivity index (χ1v) is 12.6. The molecule has 0 N–H and O–H groups in total. The van der Waals surface area contributed by atoms with Gasteiger partial charge in [0.05, 0.1) is 11.0 Å². The molecule has 2 aromatic rings. The predicted molar refractivity (Wildman–Crippen MR) is 141 cm³/mol. The summed E-state index contributed by atoms with van der Waals surface area (Å²) in [6.07, 6.45) is 3.78. The van der Waals surface area contributed by atoms with Crippen molar-refractivity contribution in [2.75, 3.05) is 38.7 Å². The summed E-state index contributed by atoms with van der Waals surface area (Å²) < 4.78 is 6.21.